The number of benzene rings is 3. The van der Waals surface area contributed by atoms with E-state index in [1.807, 2.05) is 18.2 Å². The van der Waals surface area contributed by atoms with E-state index in [0.29, 0.717) is 22.4 Å². The Morgan fingerprint density at radius 1 is 0.900 bits per heavy atom. The largest absolute Gasteiger partial charge is 0.573 e. The van der Waals surface area contributed by atoms with Crippen molar-refractivity contribution in [2.45, 2.75) is 51.3 Å². The summed E-state index contributed by atoms with van der Waals surface area (Å²) in [4.78, 5) is 0. The summed E-state index contributed by atoms with van der Waals surface area (Å²) >= 11 is 0. The second-order valence-corrected chi connectivity index (χ2v) is 8.11. The third-order valence-corrected chi connectivity index (χ3v) is 6.27. The molecule has 0 aromatic heterocycles. The Kier molecular flexibility index (Phi) is 5.72. The van der Waals surface area contributed by atoms with Gasteiger partial charge in [-0.2, -0.15) is 0 Å². The number of halogens is 4. The molecule has 0 aliphatic heterocycles. The predicted molar refractivity (Wildman–Crippen MR) is 111 cm³/mol. The summed E-state index contributed by atoms with van der Waals surface area (Å²) in [6.07, 6.45) is 1.35. The summed E-state index contributed by atoms with van der Waals surface area (Å²) < 4.78 is 56.0. The second-order valence-electron chi connectivity index (χ2n) is 8.11. The highest BCUT2D eigenvalue weighted by Crippen LogP contribution is 2.39. The van der Waals surface area contributed by atoms with Crippen LogP contribution in [0.25, 0.3) is 21.9 Å². The van der Waals surface area contributed by atoms with Gasteiger partial charge in [-0.05, 0) is 66.2 Å². The van der Waals surface area contributed by atoms with Crippen LogP contribution < -0.4 is 4.74 Å². The molecule has 0 spiro atoms. The quantitative estimate of drug-likeness (QED) is 0.389. The molecule has 0 heterocycles. The third-order valence-electron chi connectivity index (χ3n) is 6.27. The van der Waals surface area contributed by atoms with Crippen LogP contribution in [0.3, 0.4) is 0 Å². The van der Waals surface area contributed by atoms with Crippen molar-refractivity contribution in [1.82, 2.24) is 0 Å². The van der Waals surface area contributed by atoms with Crippen molar-refractivity contribution in [2.75, 3.05) is 0 Å². The second kappa shape index (κ2) is 8.29. The maximum atomic E-state index is 15.2. The number of ether oxygens (including phenoxy) is 1. The van der Waals surface area contributed by atoms with E-state index in [1.165, 1.54) is 61.9 Å². The lowest BCUT2D eigenvalue weighted by Gasteiger charge is -2.28. The lowest BCUT2D eigenvalue weighted by atomic mass is 9.77. The first-order valence-corrected chi connectivity index (χ1v) is 10.4. The zero-order valence-electron chi connectivity index (χ0n) is 16.8. The van der Waals surface area contributed by atoms with Crippen LogP contribution in [0, 0.1) is 11.7 Å². The van der Waals surface area contributed by atoms with Crippen LogP contribution in [0.1, 0.15) is 50.5 Å². The molecule has 5 heteroatoms. The maximum absolute atomic E-state index is 15.2. The van der Waals surface area contributed by atoms with Gasteiger partial charge in [-0.15, -0.1) is 13.2 Å². The van der Waals surface area contributed by atoms with Gasteiger partial charge in [0.05, 0.1) is 0 Å². The lowest BCUT2D eigenvalue weighted by molar-refractivity contribution is -0.274. The van der Waals surface area contributed by atoms with Gasteiger partial charge in [-0.1, -0.05) is 55.8 Å². The first kappa shape index (κ1) is 20.7. The molecule has 1 nitrogen and oxygen atoms in total. The maximum Gasteiger partial charge on any atom is 0.573 e. The van der Waals surface area contributed by atoms with E-state index >= 15 is 4.39 Å². The molecule has 4 rings (SSSR count). The number of fused-ring (bicyclic) bond motifs is 1. The van der Waals surface area contributed by atoms with Gasteiger partial charge in [0.1, 0.15) is 11.6 Å². The standard InChI is InChI=1S/C25H24F4O/c1-2-16-3-5-17(6-4-16)19-9-13-23-20(15-19)10-14-22(24(23)26)18-7-11-21(12-8-18)30-25(27,28)29/h7-17H,2-6H2,1H3/t16-,17-. The van der Waals surface area contributed by atoms with Gasteiger partial charge in [0.25, 0.3) is 0 Å². The van der Waals surface area contributed by atoms with E-state index in [0.717, 1.165) is 11.3 Å². The van der Waals surface area contributed by atoms with Gasteiger partial charge in [-0.25, -0.2) is 4.39 Å². The lowest BCUT2D eigenvalue weighted by Crippen LogP contribution is -2.16. The minimum atomic E-state index is -4.75. The van der Waals surface area contributed by atoms with Gasteiger partial charge < -0.3 is 4.74 Å². The van der Waals surface area contributed by atoms with E-state index in [9.17, 15) is 13.2 Å². The van der Waals surface area contributed by atoms with Crippen molar-refractivity contribution in [1.29, 1.82) is 0 Å². The van der Waals surface area contributed by atoms with Gasteiger partial charge in [0.15, 0.2) is 0 Å². The molecule has 1 aliphatic rings. The van der Waals surface area contributed by atoms with Crippen LogP contribution in [0.4, 0.5) is 17.6 Å². The average molecular weight is 416 g/mol. The highest BCUT2D eigenvalue weighted by molar-refractivity contribution is 5.89. The zero-order chi connectivity index (χ0) is 21.3. The van der Waals surface area contributed by atoms with Crippen molar-refractivity contribution in [3.63, 3.8) is 0 Å². The Bertz CT molecular complexity index is 1020. The van der Waals surface area contributed by atoms with Crippen molar-refractivity contribution >= 4 is 10.8 Å². The highest BCUT2D eigenvalue weighted by Gasteiger charge is 2.31. The molecule has 0 saturated heterocycles. The van der Waals surface area contributed by atoms with Crippen LogP contribution in [0.5, 0.6) is 5.75 Å². The third kappa shape index (κ3) is 4.45. The monoisotopic (exact) mass is 416 g/mol. The summed E-state index contributed by atoms with van der Waals surface area (Å²) in [7, 11) is 0. The highest BCUT2D eigenvalue weighted by atomic mass is 19.4. The fourth-order valence-electron chi connectivity index (χ4n) is 4.53. The Morgan fingerprint density at radius 3 is 2.23 bits per heavy atom. The molecule has 0 radical (unpaired) electrons. The van der Waals surface area contributed by atoms with Crippen LogP contribution in [0.2, 0.25) is 0 Å². The molecule has 1 saturated carbocycles. The van der Waals surface area contributed by atoms with Gasteiger partial charge in [-0.3, -0.25) is 0 Å². The molecular formula is C25H24F4O. The predicted octanol–water partition coefficient (Wildman–Crippen LogP) is 8.23. The molecule has 0 amide bonds. The van der Waals surface area contributed by atoms with E-state index < -0.39 is 6.36 Å². The summed E-state index contributed by atoms with van der Waals surface area (Å²) in [6.45, 7) is 2.25. The van der Waals surface area contributed by atoms with Crippen LogP contribution in [-0.4, -0.2) is 6.36 Å². The summed E-state index contributed by atoms with van der Waals surface area (Å²) in [5, 5.41) is 1.37. The fraction of sp³-hybridized carbons (Fsp3) is 0.360. The SMILES string of the molecule is CC[C@H]1CC[C@H](c2ccc3c(F)c(-c4ccc(OC(F)(F)F)cc4)ccc3c2)CC1. The van der Waals surface area contributed by atoms with Crippen molar-refractivity contribution in [3.05, 3.63) is 66.0 Å². The van der Waals surface area contributed by atoms with Crippen LogP contribution >= 0.6 is 0 Å². The minimum Gasteiger partial charge on any atom is -0.406 e. The van der Waals surface area contributed by atoms with E-state index in [1.54, 1.807) is 6.07 Å². The molecule has 0 bridgehead atoms. The Balaban J connectivity index is 1.59. The number of rotatable bonds is 4. The van der Waals surface area contributed by atoms with Gasteiger partial charge in [0, 0.05) is 10.9 Å². The van der Waals surface area contributed by atoms with Crippen LogP contribution in [-0.2, 0) is 0 Å². The first-order chi connectivity index (χ1) is 14.3. The normalized spacial score (nSPS) is 19.8. The fourth-order valence-corrected chi connectivity index (χ4v) is 4.53. The van der Waals surface area contributed by atoms with Crippen LogP contribution in [0.15, 0.2) is 54.6 Å². The summed E-state index contributed by atoms with van der Waals surface area (Å²) in [6, 6.07) is 14.8. The Morgan fingerprint density at radius 2 is 1.60 bits per heavy atom. The van der Waals surface area contributed by atoms with Gasteiger partial charge in [0.2, 0.25) is 0 Å². The Hall–Kier alpha value is -2.56. The van der Waals surface area contributed by atoms with Crippen molar-refractivity contribution in [2.24, 2.45) is 5.92 Å². The molecule has 0 N–H and O–H groups in total. The molecule has 30 heavy (non-hydrogen) atoms. The van der Waals surface area contributed by atoms with E-state index in [2.05, 4.69) is 17.7 Å². The molecule has 3 aromatic carbocycles. The molecule has 3 aromatic rings. The first-order valence-electron chi connectivity index (χ1n) is 10.4. The minimum absolute atomic E-state index is 0.324. The van der Waals surface area contributed by atoms with E-state index in [-0.39, 0.29) is 11.6 Å². The molecule has 1 aliphatic carbocycles. The number of alkyl halides is 3. The zero-order valence-corrected chi connectivity index (χ0v) is 16.8. The van der Waals surface area contributed by atoms with Gasteiger partial charge >= 0.3 is 6.36 Å². The smallest absolute Gasteiger partial charge is 0.406 e. The average Bonchev–Trinajstić information content (AvgIpc) is 2.73. The topological polar surface area (TPSA) is 9.23 Å². The summed E-state index contributed by atoms with van der Waals surface area (Å²) in [5.74, 6) is 0.670. The number of hydrogen-bond acceptors (Lipinski definition) is 1. The molecule has 158 valence electrons. The van der Waals surface area contributed by atoms with E-state index in [4.69, 9.17) is 0 Å². The number of hydrogen-bond donors (Lipinski definition) is 0. The molecule has 0 unspecified atom stereocenters. The van der Waals surface area contributed by atoms with Crippen molar-refractivity contribution in [3.8, 4) is 16.9 Å². The Labute approximate surface area is 173 Å². The molecule has 0 atom stereocenters. The summed E-state index contributed by atoms with van der Waals surface area (Å²) in [5.41, 5.74) is 2.13. The van der Waals surface area contributed by atoms with Crippen molar-refractivity contribution < 1.29 is 22.3 Å². The molecule has 1 fully saturated rings. The molecular weight excluding hydrogens is 392 g/mol.